The number of hydrogen-bond acceptors (Lipinski definition) is 7. The molecule has 1 aliphatic heterocycles. The van der Waals surface area contributed by atoms with Crippen molar-refractivity contribution in [2.75, 3.05) is 0 Å². The highest BCUT2D eigenvalue weighted by molar-refractivity contribution is 5.91. The van der Waals surface area contributed by atoms with Gasteiger partial charge in [-0.2, -0.15) is 0 Å². The number of hydrogen-bond donors (Lipinski definition) is 4. The Morgan fingerprint density at radius 1 is 1.03 bits per heavy atom. The van der Waals surface area contributed by atoms with Crippen molar-refractivity contribution in [2.24, 2.45) is 0 Å². The second-order valence-electron chi connectivity index (χ2n) is 10.8. The lowest BCUT2D eigenvalue weighted by Crippen LogP contribution is -2.37. The Bertz CT molecular complexity index is 1570. The lowest BCUT2D eigenvalue weighted by Gasteiger charge is -2.33. The molecule has 37 heavy (non-hydrogen) atoms. The van der Waals surface area contributed by atoms with Gasteiger partial charge in [-0.1, -0.05) is 23.3 Å². The number of rotatable bonds is 5. The minimum absolute atomic E-state index is 0.000747. The summed E-state index contributed by atoms with van der Waals surface area (Å²) in [5.74, 6) is -0.759. The molecular weight excluding hydrogens is 472 g/mol. The fraction of sp³-hybridized carbons (Fsp3) is 0.367. The third-order valence-corrected chi connectivity index (χ3v) is 7.57. The number of fused-ring (bicyclic) bond motifs is 3. The summed E-state index contributed by atoms with van der Waals surface area (Å²) in [6.07, 6.45) is 5.88. The van der Waals surface area contributed by atoms with E-state index in [9.17, 15) is 25.2 Å². The molecule has 7 nitrogen and oxygen atoms in total. The fourth-order valence-electron chi connectivity index (χ4n) is 5.63. The second-order valence-corrected chi connectivity index (χ2v) is 10.8. The van der Waals surface area contributed by atoms with Gasteiger partial charge in [-0.25, -0.2) is 0 Å². The predicted molar refractivity (Wildman–Crippen MR) is 142 cm³/mol. The summed E-state index contributed by atoms with van der Waals surface area (Å²) in [5.41, 5.74) is 2.56. The minimum Gasteiger partial charge on any atom is -0.507 e. The van der Waals surface area contributed by atoms with Crippen molar-refractivity contribution < 1.29 is 29.6 Å². The van der Waals surface area contributed by atoms with Gasteiger partial charge in [0.2, 0.25) is 0 Å². The normalized spacial score (nSPS) is 19.2. The Kier molecular flexibility index (Phi) is 5.77. The van der Waals surface area contributed by atoms with Crippen LogP contribution in [0.4, 0.5) is 0 Å². The first-order chi connectivity index (χ1) is 17.4. The summed E-state index contributed by atoms with van der Waals surface area (Å²) >= 11 is 0. The summed E-state index contributed by atoms with van der Waals surface area (Å²) in [4.78, 5) is 13.9. The number of ether oxygens (including phenoxy) is 1. The fourth-order valence-corrected chi connectivity index (χ4v) is 5.63. The predicted octanol–water partition coefficient (Wildman–Crippen LogP) is 6.33. The molecule has 1 aliphatic carbocycles. The average Bonchev–Trinajstić information content (AvgIpc) is 3.09. The van der Waals surface area contributed by atoms with Crippen molar-refractivity contribution in [3.8, 4) is 40.1 Å². The van der Waals surface area contributed by atoms with Crippen molar-refractivity contribution in [1.29, 1.82) is 0 Å². The number of aromatic hydroxyl groups is 4. The van der Waals surface area contributed by atoms with Crippen LogP contribution in [-0.4, -0.2) is 26.0 Å². The molecule has 2 aliphatic rings. The van der Waals surface area contributed by atoms with Gasteiger partial charge in [0.1, 0.15) is 39.6 Å². The highest BCUT2D eigenvalue weighted by atomic mass is 16.5. The van der Waals surface area contributed by atoms with Gasteiger partial charge in [0.05, 0.1) is 5.56 Å². The van der Waals surface area contributed by atoms with E-state index in [0.29, 0.717) is 23.1 Å². The third kappa shape index (κ3) is 3.84. The Labute approximate surface area is 215 Å². The van der Waals surface area contributed by atoms with Crippen LogP contribution in [0.2, 0.25) is 0 Å². The van der Waals surface area contributed by atoms with Gasteiger partial charge in [0, 0.05) is 34.7 Å². The molecule has 194 valence electrons. The SMILES string of the molecule is CC(C)=CCCC1(C)Oc2c(O)cc(O)c3c2C1Cc1c-3oc2cc(O)c(CC=C(C)C)c(O)c2c1=O. The van der Waals surface area contributed by atoms with E-state index in [4.69, 9.17) is 9.15 Å². The van der Waals surface area contributed by atoms with Crippen molar-refractivity contribution in [1.82, 2.24) is 0 Å². The van der Waals surface area contributed by atoms with E-state index in [1.165, 1.54) is 17.7 Å². The Hall–Kier alpha value is -3.87. The standard InChI is InChI=1S/C30H32O7/c1-14(2)7-6-10-30(5)18-11-17-27(35)25-22(13-19(31)16(26(25)34)9-8-15(3)4)36-28(17)24-20(32)12-21(33)29(37-30)23(18)24/h7-8,12-13,18,31-34H,6,9-11H2,1-5H3. The highest BCUT2D eigenvalue weighted by Gasteiger charge is 2.51. The maximum Gasteiger partial charge on any atom is 0.200 e. The lowest BCUT2D eigenvalue weighted by atomic mass is 9.72. The lowest BCUT2D eigenvalue weighted by molar-refractivity contribution is 0.0764. The molecule has 0 saturated heterocycles. The molecule has 0 fully saturated rings. The van der Waals surface area contributed by atoms with E-state index in [2.05, 4.69) is 6.08 Å². The van der Waals surface area contributed by atoms with E-state index < -0.39 is 11.0 Å². The van der Waals surface area contributed by atoms with Gasteiger partial charge in [-0.3, -0.25) is 4.79 Å². The van der Waals surface area contributed by atoms with E-state index in [-0.39, 0.29) is 69.8 Å². The van der Waals surface area contributed by atoms with Crippen molar-refractivity contribution in [3.05, 3.63) is 62.3 Å². The molecule has 0 bridgehead atoms. The highest BCUT2D eigenvalue weighted by Crippen LogP contribution is 2.60. The zero-order valence-corrected chi connectivity index (χ0v) is 21.7. The van der Waals surface area contributed by atoms with E-state index in [0.717, 1.165) is 12.0 Å². The number of allylic oxidation sites excluding steroid dienone is 4. The van der Waals surface area contributed by atoms with Crippen LogP contribution in [-0.2, 0) is 12.8 Å². The molecule has 7 heteroatoms. The van der Waals surface area contributed by atoms with Crippen molar-refractivity contribution in [2.45, 2.75) is 71.8 Å². The summed E-state index contributed by atoms with van der Waals surface area (Å²) < 4.78 is 12.5. The topological polar surface area (TPSA) is 120 Å². The molecule has 0 saturated carbocycles. The molecule has 2 unspecified atom stereocenters. The summed E-state index contributed by atoms with van der Waals surface area (Å²) in [6, 6.07) is 2.53. The van der Waals surface area contributed by atoms with Crippen LogP contribution in [0, 0.1) is 0 Å². The zero-order chi connectivity index (χ0) is 26.8. The first kappa shape index (κ1) is 24.8. The molecule has 5 rings (SSSR count). The van der Waals surface area contributed by atoms with Crippen molar-refractivity contribution >= 4 is 11.0 Å². The molecule has 0 amide bonds. The van der Waals surface area contributed by atoms with E-state index in [1.54, 1.807) is 0 Å². The van der Waals surface area contributed by atoms with Gasteiger partial charge in [-0.15, -0.1) is 0 Å². The molecule has 2 atom stereocenters. The van der Waals surface area contributed by atoms with Gasteiger partial charge >= 0.3 is 0 Å². The average molecular weight is 505 g/mol. The van der Waals surface area contributed by atoms with Crippen LogP contribution in [0.15, 0.2) is 44.6 Å². The van der Waals surface area contributed by atoms with Crippen molar-refractivity contribution in [3.63, 3.8) is 0 Å². The maximum atomic E-state index is 13.9. The maximum absolute atomic E-state index is 13.9. The number of phenols is 4. The van der Waals surface area contributed by atoms with Crippen LogP contribution >= 0.6 is 0 Å². The Morgan fingerprint density at radius 2 is 1.73 bits per heavy atom. The molecule has 0 spiro atoms. The first-order valence-electron chi connectivity index (χ1n) is 12.5. The van der Waals surface area contributed by atoms with Crippen LogP contribution in [0.5, 0.6) is 28.7 Å². The van der Waals surface area contributed by atoms with Gasteiger partial charge < -0.3 is 29.6 Å². The molecule has 4 N–H and O–H groups in total. The number of benzene rings is 2. The Morgan fingerprint density at radius 3 is 2.41 bits per heavy atom. The summed E-state index contributed by atoms with van der Waals surface area (Å²) in [5, 5.41) is 43.2. The van der Waals surface area contributed by atoms with Gasteiger partial charge in [0.15, 0.2) is 16.9 Å². The number of phenolic OH excluding ortho intramolecular Hbond substituents is 4. The molecule has 3 aromatic rings. The minimum atomic E-state index is -0.737. The van der Waals surface area contributed by atoms with E-state index >= 15 is 0 Å². The van der Waals surface area contributed by atoms with Crippen LogP contribution in [0.25, 0.3) is 22.3 Å². The monoisotopic (exact) mass is 504 g/mol. The molecule has 0 radical (unpaired) electrons. The second kappa shape index (κ2) is 8.61. The van der Waals surface area contributed by atoms with Crippen LogP contribution in [0.1, 0.15) is 70.1 Å². The first-order valence-corrected chi connectivity index (χ1v) is 12.5. The third-order valence-electron chi connectivity index (χ3n) is 7.57. The summed E-state index contributed by atoms with van der Waals surface area (Å²) in [6.45, 7) is 9.83. The molecule has 2 heterocycles. The quantitative estimate of drug-likeness (QED) is 0.300. The van der Waals surface area contributed by atoms with Gasteiger partial charge in [0.25, 0.3) is 0 Å². The molecule has 2 aromatic carbocycles. The van der Waals surface area contributed by atoms with Crippen LogP contribution < -0.4 is 10.2 Å². The zero-order valence-electron chi connectivity index (χ0n) is 21.7. The summed E-state index contributed by atoms with van der Waals surface area (Å²) in [7, 11) is 0. The Balaban J connectivity index is 1.74. The smallest absolute Gasteiger partial charge is 0.200 e. The largest absolute Gasteiger partial charge is 0.507 e. The van der Waals surface area contributed by atoms with Gasteiger partial charge in [-0.05, 0) is 60.3 Å². The van der Waals surface area contributed by atoms with E-state index in [1.807, 2.05) is 40.7 Å². The molecular formula is C30H32O7. The van der Waals surface area contributed by atoms with Crippen LogP contribution in [0.3, 0.4) is 0 Å². The molecule has 1 aromatic heterocycles.